The fourth-order valence-corrected chi connectivity index (χ4v) is 1.46. The third-order valence-electron chi connectivity index (χ3n) is 2.83. The monoisotopic (exact) mass is 186 g/mol. The van der Waals surface area contributed by atoms with Crippen molar-refractivity contribution in [2.24, 2.45) is 0 Å². The van der Waals surface area contributed by atoms with E-state index in [1.165, 1.54) is 38.5 Å². The van der Waals surface area contributed by atoms with E-state index >= 15 is 0 Å². The lowest BCUT2D eigenvalue weighted by Gasteiger charge is -2.20. The Bertz CT molecular complexity index is 108. The molecule has 0 fully saturated rings. The predicted octanol–water partition coefficient (Wildman–Crippen LogP) is 3.90. The average molecular weight is 186 g/mol. The van der Waals surface area contributed by atoms with Crippen molar-refractivity contribution >= 4 is 0 Å². The van der Waals surface area contributed by atoms with Gasteiger partial charge in [0.2, 0.25) is 0 Å². The molecule has 1 N–H and O–H groups in total. The Hall–Kier alpha value is -0.0400. The second kappa shape index (κ2) is 7.37. The summed E-state index contributed by atoms with van der Waals surface area (Å²) in [5.74, 6) is 0. The molecule has 0 unspecified atom stereocenters. The molecule has 0 aromatic rings. The minimum Gasteiger partial charge on any atom is -0.390 e. The smallest absolute Gasteiger partial charge is 0.0617 e. The highest BCUT2D eigenvalue weighted by Gasteiger charge is 2.15. The van der Waals surface area contributed by atoms with Gasteiger partial charge in [-0.15, -0.1) is 0 Å². The van der Waals surface area contributed by atoms with Crippen molar-refractivity contribution in [1.29, 1.82) is 0 Å². The van der Waals surface area contributed by atoms with Gasteiger partial charge >= 0.3 is 0 Å². The summed E-state index contributed by atoms with van der Waals surface area (Å²) in [4.78, 5) is 0. The van der Waals surface area contributed by atoms with Gasteiger partial charge in [0.1, 0.15) is 0 Å². The molecule has 0 heterocycles. The minimum atomic E-state index is -0.412. The normalized spacial score (nSPS) is 15.7. The van der Waals surface area contributed by atoms with Crippen LogP contribution < -0.4 is 0 Å². The second-order valence-corrected chi connectivity index (χ2v) is 4.37. The van der Waals surface area contributed by atoms with Crippen molar-refractivity contribution in [3.05, 3.63) is 0 Å². The highest BCUT2D eigenvalue weighted by atomic mass is 16.3. The number of aliphatic hydroxyl groups is 1. The molecule has 0 aliphatic heterocycles. The molecule has 0 aromatic heterocycles. The molecule has 0 saturated heterocycles. The first-order valence-electron chi connectivity index (χ1n) is 5.84. The Labute approximate surface area is 83.5 Å². The molecule has 0 saturated carbocycles. The van der Waals surface area contributed by atoms with Gasteiger partial charge in [-0.05, 0) is 19.8 Å². The second-order valence-electron chi connectivity index (χ2n) is 4.37. The number of hydrogen-bond donors (Lipinski definition) is 1. The first-order valence-corrected chi connectivity index (χ1v) is 5.84. The van der Waals surface area contributed by atoms with Crippen molar-refractivity contribution < 1.29 is 5.11 Å². The van der Waals surface area contributed by atoms with Gasteiger partial charge in [0.25, 0.3) is 0 Å². The van der Waals surface area contributed by atoms with Crippen LogP contribution in [0.5, 0.6) is 0 Å². The Morgan fingerprint density at radius 2 is 1.46 bits per heavy atom. The standard InChI is InChI=1S/C12H26O/c1-4-6-7-8-9-10-11-12(3,13)5-2/h13H,4-11H2,1-3H3/t12-/m0/s1. The molecule has 0 aromatic carbocycles. The Morgan fingerprint density at radius 3 is 2.00 bits per heavy atom. The van der Waals surface area contributed by atoms with Gasteiger partial charge in [-0.2, -0.15) is 0 Å². The van der Waals surface area contributed by atoms with Crippen molar-refractivity contribution in [1.82, 2.24) is 0 Å². The molecule has 0 radical (unpaired) electrons. The lowest BCUT2D eigenvalue weighted by Crippen LogP contribution is -2.22. The molecular weight excluding hydrogens is 160 g/mol. The number of rotatable bonds is 8. The van der Waals surface area contributed by atoms with Crippen LogP contribution in [0.3, 0.4) is 0 Å². The van der Waals surface area contributed by atoms with Crippen molar-refractivity contribution in [3.63, 3.8) is 0 Å². The first kappa shape index (κ1) is 13.0. The van der Waals surface area contributed by atoms with Crippen LogP contribution in [-0.2, 0) is 0 Å². The summed E-state index contributed by atoms with van der Waals surface area (Å²) >= 11 is 0. The highest BCUT2D eigenvalue weighted by Crippen LogP contribution is 2.18. The summed E-state index contributed by atoms with van der Waals surface area (Å²) in [5.41, 5.74) is -0.412. The van der Waals surface area contributed by atoms with E-state index < -0.39 is 5.60 Å². The zero-order valence-corrected chi connectivity index (χ0v) is 9.60. The molecule has 80 valence electrons. The van der Waals surface area contributed by atoms with E-state index in [0.29, 0.717) is 0 Å². The van der Waals surface area contributed by atoms with Crippen LogP contribution in [-0.4, -0.2) is 10.7 Å². The maximum absolute atomic E-state index is 9.73. The van der Waals surface area contributed by atoms with Crippen molar-refractivity contribution in [3.8, 4) is 0 Å². The zero-order chi connectivity index (χ0) is 10.2. The summed E-state index contributed by atoms with van der Waals surface area (Å²) in [7, 11) is 0. The van der Waals surface area contributed by atoms with E-state index in [0.717, 1.165) is 12.8 Å². The SMILES string of the molecule is CCCCCCCC[C@@](C)(O)CC. The van der Waals surface area contributed by atoms with Crippen LogP contribution in [0.2, 0.25) is 0 Å². The lowest BCUT2D eigenvalue weighted by atomic mass is 9.95. The molecule has 0 rings (SSSR count). The maximum atomic E-state index is 9.73. The summed E-state index contributed by atoms with van der Waals surface area (Å²) in [6.45, 7) is 6.23. The van der Waals surface area contributed by atoms with Crippen LogP contribution in [0, 0.1) is 0 Å². The zero-order valence-electron chi connectivity index (χ0n) is 9.60. The number of unbranched alkanes of at least 4 members (excludes halogenated alkanes) is 5. The van der Waals surface area contributed by atoms with Gasteiger partial charge < -0.3 is 5.11 Å². The predicted molar refractivity (Wildman–Crippen MR) is 58.9 cm³/mol. The maximum Gasteiger partial charge on any atom is 0.0617 e. The van der Waals surface area contributed by atoms with Gasteiger partial charge in [0, 0.05) is 0 Å². The van der Waals surface area contributed by atoms with Crippen molar-refractivity contribution in [2.75, 3.05) is 0 Å². The van der Waals surface area contributed by atoms with Gasteiger partial charge in [0.15, 0.2) is 0 Å². The fourth-order valence-electron chi connectivity index (χ4n) is 1.46. The molecule has 0 amide bonds. The molecule has 13 heavy (non-hydrogen) atoms. The third-order valence-corrected chi connectivity index (χ3v) is 2.83. The molecular formula is C12H26O. The summed E-state index contributed by atoms with van der Waals surface area (Å²) in [6, 6.07) is 0. The summed E-state index contributed by atoms with van der Waals surface area (Å²) < 4.78 is 0. The molecule has 1 atom stereocenters. The van der Waals surface area contributed by atoms with Crippen molar-refractivity contribution in [2.45, 2.75) is 77.7 Å². The Kier molecular flexibility index (Phi) is 7.35. The quantitative estimate of drug-likeness (QED) is 0.570. The van der Waals surface area contributed by atoms with Crippen LogP contribution in [0.1, 0.15) is 72.1 Å². The van der Waals surface area contributed by atoms with E-state index in [9.17, 15) is 5.11 Å². The number of hydrogen-bond acceptors (Lipinski definition) is 1. The van der Waals surface area contributed by atoms with Gasteiger partial charge in [-0.3, -0.25) is 0 Å². The van der Waals surface area contributed by atoms with E-state index in [-0.39, 0.29) is 0 Å². The lowest BCUT2D eigenvalue weighted by molar-refractivity contribution is 0.0442. The highest BCUT2D eigenvalue weighted by molar-refractivity contribution is 4.69. The van der Waals surface area contributed by atoms with E-state index in [1.807, 2.05) is 6.92 Å². The molecule has 0 spiro atoms. The topological polar surface area (TPSA) is 20.2 Å². The van der Waals surface area contributed by atoms with E-state index in [2.05, 4.69) is 13.8 Å². The van der Waals surface area contributed by atoms with Crippen LogP contribution in [0.25, 0.3) is 0 Å². The minimum absolute atomic E-state index is 0.412. The molecule has 0 aliphatic carbocycles. The van der Waals surface area contributed by atoms with E-state index in [1.54, 1.807) is 0 Å². The largest absolute Gasteiger partial charge is 0.390 e. The van der Waals surface area contributed by atoms with Gasteiger partial charge in [-0.1, -0.05) is 52.4 Å². The molecule has 0 bridgehead atoms. The molecule has 0 aliphatic rings. The fraction of sp³-hybridized carbons (Fsp3) is 1.00. The van der Waals surface area contributed by atoms with E-state index in [4.69, 9.17) is 0 Å². The third kappa shape index (κ3) is 8.29. The van der Waals surface area contributed by atoms with Crippen LogP contribution >= 0.6 is 0 Å². The molecule has 1 nitrogen and oxygen atoms in total. The van der Waals surface area contributed by atoms with Gasteiger partial charge in [0.05, 0.1) is 5.60 Å². The average Bonchev–Trinajstić information content (AvgIpc) is 2.11. The summed E-state index contributed by atoms with van der Waals surface area (Å²) in [5, 5.41) is 9.73. The molecule has 1 heteroatoms. The Morgan fingerprint density at radius 1 is 0.923 bits per heavy atom. The van der Waals surface area contributed by atoms with Crippen LogP contribution in [0.15, 0.2) is 0 Å². The van der Waals surface area contributed by atoms with Crippen LogP contribution in [0.4, 0.5) is 0 Å². The Balaban J connectivity index is 3.16. The first-order chi connectivity index (χ1) is 6.12. The summed E-state index contributed by atoms with van der Waals surface area (Å²) in [6.07, 6.45) is 9.70. The van der Waals surface area contributed by atoms with Gasteiger partial charge in [-0.25, -0.2) is 0 Å².